The van der Waals surface area contributed by atoms with E-state index in [9.17, 15) is 0 Å². The van der Waals surface area contributed by atoms with Gasteiger partial charge in [0.15, 0.2) is 0 Å². The maximum Gasteiger partial charge on any atom is 0.201 e. The number of para-hydroxylation sites is 1. The lowest BCUT2D eigenvalue weighted by molar-refractivity contribution is 0.195. The highest BCUT2D eigenvalue weighted by Gasteiger charge is 2.15. The maximum atomic E-state index is 5.84. The first kappa shape index (κ1) is 18.5. The average Bonchev–Trinajstić information content (AvgIpc) is 3.43. The minimum atomic E-state index is 0.386. The van der Waals surface area contributed by atoms with Crippen molar-refractivity contribution in [2.75, 3.05) is 23.8 Å². The molecule has 1 aromatic heterocycles. The number of hydrogen-bond donors (Lipinski definition) is 3. The molecule has 1 fully saturated rings. The van der Waals surface area contributed by atoms with E-state index in [4.69, 9.17) is 9.47 Å². The number of benzene rings is 3. The van der Waals surface area contributed by atoms with Crippen LogP contribution in [0.15, 0.2) is 72.8 Å². The third kappa shape index (κ3) is 4.39. The van der Waals surface area contributed by atoms with Crippen molar-refractivity contribution >= 4 is 22.7 Å². The van der Waals surface area contributed by atoms with Crippen molar-refractivity contribution in [1.82, 2.24) is 9.97 Å². The molecular formula is C24H24N4O2. The Morgan fingerprint density at radius 1 is 1.00 bits per heavy atom. The van der Waals surface area contributed by atoms with Gasteiger partial charge in [-0.2, -0.15) is 0 Å². The van der Waals surface area contributed by atoms with Crippen molar-refractivity contribution < 1.29 is 9.47 Å². The summed E-state index contributed by atoms with van der Waals surface area (Å²) in [5.41, 5.74) is 4.19. The van der Waals surface area contributed by atoms with Crippen LogP contribution in [-0.4, -0.2) is 29.2 Å². The monoisotopic (exact) mass is 400 g/mol. The van der Waals surface area contributed by atoms with Gasteiger partial charge in [-0.15, -0.1) is 0 Å². The van der Waals surface area contributed by atoms with Gasteiger partial charge in [0.1, 0.15) is 11.5 Å². The van der Waals surface area contributed by atoms with Gasteiger partial charge in [-0.25, -0.2) is 4.98 Å². The SMILES string of the molecule is c1ccc(Oc2ccc(CNc3nc4ccc(NC5CCOC5)cc4[nH]3)cc2)cc1. The number of imidazole rings is 1. The number of rotatable bonds is 7. The van der Waals surface area contributed by atoms with Crippen LogP contribution in [-0.2, 0) is 11.3 Å². The highest BCUT2D eigenvalue weighted by Crippen LogP contribution is 2.23. The summed E-state index contributed by atoms with van der Waals surface area (Å²) in [7, 11) is 0. The lowest BCUT2D eigenvalue weighted by atomic mass is 10.2. The van der Waals surface area contributed by atoms with Crippen LogP contribution < -0.4 is 15.4 Å². The normalized spacial score (nSPS) is 15.9. The van der Waals surface area contributed by atoms with Gasteiger partial charge in [0.05, 0.1) is 23.7 Å². The molecule has 1 saturated heterocycles. The highest BCUT2D eigenvalue weighted by atomic mass is 16.5. The second kappa shape index (κ2) is 8.47. The zero-order chi connectivity index (χ0) is 20.2. The molecule has 1 atom stereocenters. The smallest absolute Gasteiger partial charge is 0.201 e. The number of ether oxygens (including phenoxy) is 2. The molecule has 3 N–H and O–H groups in total. The number of H-pyrrole nitrogens is 1. The molecule has 6 nitrogen and oxygen atoms in total. The van der Waals surface area contributed by atoms with Crippen LogP contribution in [0.25, 0.3) is 11.0 Å². The minimum Gasteiger partial charge on any atom is -0.457 e. The van der Waals surface area contributed by atoms with E-state index < -0.39 is 0 Å². The summed E-state index contributed by atoms with van der Waals surface area (Å²) in [5, 5.41) is 6.88. The van der Waals surface area contributed by atoms with Gasteiger partial charge in [0, 0.05) is 18.8 Å². The van der Waals surface area contributed by atoms with Gasteiger partial charge < -0.3 is 25.1 Å². The Morgan fingerprint density at radius 3 is 2.63 bits per heavy atom. The first-order valence-electron chi connectivity index (χ1n) is 10.2. The van der Waals surface area contributed by atoms with E-state index in [2.05, 4.69) is 44.9 Å². The summed E-state index contributed by atoms with van der Waals surface area (Å²) >= 11 is 0. The van der Waals surface area contributed by atoms with Gasteiger partial charge in [-0.05, 0) is 54.4 Å². The molecule has 0 amide bonds. The van der Waals surface area contributed by atoms with Crippen molar-refractivity contribution in [3.8, 4) is 11.5 Å². The summed E-state index contributed by atoms with van der Waals surface area (Å²) in [6.07, 6.45) is 1.04. The second-order valence-corrected chi connectivity index (χ2v) is 7.43. The summed E-state index contributed by atoms with van der Waals surface area (Å²) in [5.74, 6) is 2.41. The fraction of sp³-hybridized carbons (Fsp3) is 0.208. The van der Waals surface area contributed by atoms with E-state index in [-0.39, 0.29) is 0 Å². The van der Waals surface area contributed by atoms with Crippen LogP contribution in [0.5, 0.6) is 11.5 Å². The van der Waals surface area contributed by atoms with Crippen LogP contribution in [0.2, 0.25) is 0 Å². The number of aromatic amines is 1. The van der Waals surface area contributed by atoms with E-state index in [0.717, 1.165) is 59.4 Å². The quantitative estimate of drug-likeness (QED) is 0.399. The van der Waals surface area contributed by atoms with Crippen molar-refractivity contribution in [3.05, 3.63) is 78.4 Å². The summed E-state index contributed by atoms with van der Waals surface area (Å²) in [4.78, 5) is 7.99. The molecular weight excluding hydrogens is 376 g/mol. The fourth-order valence-electron chi connectivity index (χ4n) is 3.55. The zero-order valence-corrected chi connectivity index (χ0v) is 16.6. The van der Waals surface area contributed by atoms with Gasteiger partial charge in [-0.1, -0.05) is 30.3 Å². The van der Waals surface area contributed by atoms with E-state index >= 15 is 0 Å². The standard InChI is InChI=1S/C24H24N4O2/c1-2-4-20(5-3-1)30-21-9-6-17(7-10-21)15-25-24-27-22-11-8-18(14-23(22)28-24)26-19-12-13-29-16-19/h1-11,14,19,26H,12-13,15-16H2,(H2,25,27,28). The van der Waals surface area contributed by atoms with Gasteiger partial charge in [-0.3, -0.25) is 0 Å². The number of fused-ring (bicyclic) bond motifs is 1. The van der Waals surface area contributed by atoms with Crippen molar-refractivity contribution in [1.29, 1.82) is 0 Å². The topological polar surface area (TPSA) is 71.2 Å². The molecule has 3 aromatic carbocycles. The fourth-order valence-corrected chi connectivity index (χ4v) is 3.55. The van der Waals surface area contributed by atoms with Crippen molar-refractivity contribution in [2.45, 2.75) is 19.0 Å². The molecule has 4 aromatic rings. The third-order valence-electron chi connectivity index (χ3n) is 5.14. The average molecular weight is 400 g/mol. The molecule has 5 rings (SSSR count). The Hall–Kier alpha value is -3.51. The van der Waals surface area contributed by atoms with Gasteiger partial charge in [0.2, 0.25) is 5.95 Å². The van der Waals surface area contributed by atoms with Crippen LogP contribution in [0.3, 0.4) is 0 Å². The van der Waals surface area contributed by atoms with E-state index in [1.807, 2.05) is 48.5 Å². The Kier molecular flexibility index (Phi) is 5.23. The molecule has 1 aliphatic heterocycles. The number of hydrogen-bond acceptors (Lipinski definition) is 5. The predicted molar refractivity (Wildman–Crippen MR) is 119 cm³/mol. The van der Waals surface area contributed by atoms with Crippen LogP contribution in [0.1, 0.15) is 12.0 Å². The van der Waals surface area contributed by atoms with Crippen molar-refractivity contribution in [2.24, 2.45) is 0 Å². The van der Waals surface area contributed by atoms with Crippen LogP contribution >= 0.6 is 0 Å². The summed E-state index contributed by atoms with van der Waals surface area (Å²) in [6, 6.07) is 24.4. The molecule has 152 valence electrons. The lowest BCUT2D eigenvalue weighted by Crippen LogP contribution is -2.18. The summed E-state index contributed by atoms with van der Waals surface area (Å²) in [6.45, 7) is 2.27. The molecule has 0 bridgehead atoms. The Bertz CT molecular complexity index is 1100. The van der Waals surface area contributed by atoms with E-state index in [1.165, 1.54) is 0 Å². The molecule has 1 unspecified atom stereocenters. The number of nitrogens with zero attached hydrogens (tertiary/aromatic N) is 1. The van der Waals surface area contributed by atoms with Gasteiger partial charge in [0.25, 0.3) is 0 Å². The molecule has 0 spiro atoms. The Labute approximate surface area is 175 Å². The molecule has 30 heavy (non-hydrogen) atoms. The predicted octanol–water partition coefficient (Wildman–Crippen LogP) is 5.17. The maximum absolute atomic E-state index is 5.84. The first-order valence-corrected chi connectivity index (χ1v) is 10.2. The van der Waals surface area contributed by atoms with Crippen LogP contribution in [0.4, 0.5) is 11.6 Å². The van der Waals surface area contributed by atoms with E-state index in [0.29, 0.717) is 12.6 Å². The Balaban J connectivity index is 1.20. The second-order valence-electron chi connectivity index (χ2n) is 7.43. The molecule has 0 radical (unpaired) electrons. The first-order chi connectivity index (χ1) is 14.8. The number of nitrogens with one attached hydrogen (secondary N) is 3. The molecule has 6 heteroatoms. The molecule has 1 aliphatic rings. The minimum absolute atomic E-state index is 0.386. The van der Waals surface area contributed by atoms with Crippen LogP contribution in [0, 0.1) is 0 Å². The number of aromatic nitrogens is 2. The largest absolute Gasteiger partial charge is 0.457 e. The van der Waals surface area contributed by atoms with Gasteiger partial charge >= 0.3 is 0 Å². The van der Waals surface area contributed by atoms with E-state index in [1.54, 1.807) is 0 Å². The molecule has 0 aliphatic carbocycles. The lowest BCUT2D eigenvalue weighted by Gasteiger charge is -2.11. The Morgan fingerprint density at radius 2 is 1.83 bits per heavy atom. The van der Waals surface area contributed by atoms with Crippen molar-refractivity contribution in [3.63, 3.8) is 0 Å². The zero-order valence-electron chi connectivity index (χ0n) is 16.6. The summed E-state index contributed by atoms with van der Waals surface area (Å²) < 4.78 is 11.3. The molecule has 2 heterocycles. The highest BCUT2D eigenvalue weighted by molar-refractivity contribution is 5.81. The number of anilines is 2. The molecule has 0 saturated carbocycles. The third-order valence-corrected chi connectivity index (χ3v) is 5.14.